The lowest BCUT2D eigenvalue weighted by atomic mass is 10.3. The van der Waals surface area contributed by atoms with Gasteiger partial charge in [-0.25, -0.2) is 0 Å². The van der Waals surface area contributed by atoms with Gasteiger partial charge < -0.3 is 0 Å². The van der Waals surface area contributed by atoms with Crippen molar-refractivity contribution in [2.24, 2.45) is 0 Å². The van der Waals surface area contributed by atoms with Crippen molar-refractivity contribution in [3.63, 3.8) is 0 Å². The average molecular weight is 150 g/mol. The van der Waals surface area contributed by atoms with Crippen LogP contribution >= 0.6 is 0 Å². The minimum Gasteiger partial charge on any atom is -0.298 e. The molecule has 0 radical (unpaired) electrons. The standard InChI is InChI=1S/C8H10N2O/c1-6-7(5-11)4-10(9-6)8-2-3-8/h4-5,8H,2-3H2,1H3. The van der Waals surface area contributed by atoms with Gasteiger partial charge >= 0.3 is 0 Å². The molecule has 58 valence electrons. The second-order valence-electron chi connectivity index (χ2n) is 3.00. The summed E-state index contributed by atoms with van der Waals surface area (Å²) in [5, 5.41) is 4.23. The van der Waals surface area contributed by atoms with Crippen molar-refractivity contribution in [2.75, 3.05) is 0 Å². The second-order valence-corrected chi connectivity index (χ2v) is 3.00. The lowest BCUT2D eigenvalue weighted by Crippen LogP contribution is -1.93. The zero-order valence-corrected chi connectivity index (χ0v) is 6.45. The maximum atomic E-state index is 10.4. The van der Waals surface area contributed by atoms with Crippen LogP contribution in [0.3, 0.4) is 0 Å². The first kappa shape index (κ1) is 6.58. The van der Waals surface area contributed by atoms with Crippen LogP contribution in [0.4, 0.5) is 0 Å². The van der Waals surface area contributed by atoms with Gasteiger partial charge in [0.2, 0.25) is 0 Å². The van der Waals surface area contributed by atoms with E-state index in [0.717, 1.165) is 17.5 Å². The number of aromatic nitrogens is 2. The van der Waals surface area contributed by atoms with Gasteiger partial charge in [-0.15, -0.1) is 0 Å². The summed E-state index contributed by atoms with van der Waals surface area (Å²) in [6, 6.07) is 0.572. The highest BCUT2D eigenvalue weighted by atomic mass is 16.1. The zero-order chi connectivity index (χ0) is 7.84. The molecule has 1 heterocycles. The van der Waals surface area contributed by atoms with Crippen molar-refractivity contribution in [3.8, 4) is 0 Å². The van der Waals surface area contributed by atoms with Crippen molar-refractivity contribution >= 4 is 6.29 Å². The van der Waals surface area contributed by atoms with Gasteiger partial charge in [-0.1, -0.05) is 0 Å². The summed E-state index contributed by atoms with van der Waals surface area (Å²) in [5.74, 6) is 0. The molecule has 0 aliphatic heterocycles. The third-order valence-corrected chi connectivity index (χ3v) is 2.00. The molecule has 1 fully saturated rings. The van der Waals surface area contributed by atoms with E-state index >= 15 is 0 Å². The molecule has 1 aromatic heterocycles. The summed E-state index contributed by atoms with van der Waals surface area (Å²) in [5.41, 5.74) is 1.56. The van der Waals surface area contributed by atoms with E-state index in [-0.39, 0.29) is 0 Å². The van der Waals surface area contributed by atoms with Crippen LogP contribution in [0.15, 0.2) is 6.20 Å². The number of carbonyl (C=O) groups is 1. The molecule has 1 saturated carbocycles. The van der Waals surface area contributed by atoms with Crippen molar-refractivity contribution in [1.29, 1.82) is 0 Å². The Kier molecular flexibility index (Phi) is 1.31. The number of hydrogen-bond donors (Lipinski definition) is 0. The van der Waals surface area contributed by atoms with E-state index in [1.807, 2.05) is 17.8 Å². The fraction of sp³-hybridized carbons (Fsp3) is 0.500. The Morgan fingerprint density at radius 2 is 2.45 bits per heavy atom. The molecule has 0 N–H and O–H groups in total. The molecular weight excluding hydrogens is 140 g/mol. The summed E-state index contributed by atoms with van der Waals surface area (Å²) in [4.78, 5) is 10.4. The maximum Gasteiger partial charge on any atom is 0.153 e. The molecule has 11 heavy (non-hydrogen) atoms. The minimum absolute atomic E-state index is 0.572. The van der Waals surface area contributed by atoms with Crippen LogP contribution in [0.2, 0.25) is 0 Å². The fourth-order valence-electron chi connectivity index (χ4n) is 1.14. The van der Waals surface area contributed by atoms with Gasteiger partial charge in [0, 0.05) is 6.20 Å². The fourth-order valence-corrected chi connectivity index (χ4v) is 1.14. The molecule has 2 rings (SSSR count). The first-order valence-corrected chi connectivity index (χ1v) is 3.82. The summed E-state index contributed by atoms with van der Waals surface area (Å²) in [6.45, 7) is 1.86. The number of aryl methyl sites for hydroxylation is 1. The van der Waals surface area contributed by atoms with Gasteiger partial charge in [-0.2, -0.15) is 5.10 Å². The predicted octanol–water partition coefficient (Wildman–Crippen LogP) is 1.34. The lowest BCUT2D eigenvalue weighted by Gasteiger charge is -1.92. The maximum absolute atomic E-state index is 10.4. The average Bonchev–Trinajstić information content (AvgIpc) is 2.76. The lowest BCUT2D eigenvalue weighted by molar-refractivity contribution is 0.112. The Labute approximate surface area is 65.0 Å². The number of hydrogen-bond acceptors (Lipinski definition) is 2. The molecule has 0 spiro atoms. The Balaban J connectivity index is 2.35. The largest absolute Gasteiger partial charge is 0.298 e. The third kappa shape index (κ3) is 1.06. The zero-order valence-electron chi connectivity index (χ0n) is 6.45. The summed E-state index contributed by atoms with van der Waals surface area (Å²) in [7, 11) is 0. The molecular formula is C8H10N2O. The van der Waals surface area contributed by atoms with Crippen LogP contribution < -0.4 is 0 Å². The quantitative estimate of drug-likeness (QED) is 0.596. The van der Waals surface area contributed by atoms with E-state index in [2.05, 4.69) is 5.10 Å². The van der Waals surface area contributed by atoms with Crippen LogP contribution in [-0.2, 0) is 0 Å². The molecule has 0 unspecified atom stereocenters. The molecule has 1 aliphatic rings. The van der Waals surface area contributed by atoms with Gasteiger partial charge in [-0.05, 0) is 19.8 Å². The molecule has 0 saturated heterocycles. The first-order valence-electron chi connectivity index (χ1n) is 3.82. The van der Waals surface area contributed by atoms with Crippen molar-refractivity contribution in [3.05, 3.63) is 17.5 Å². The highest BCUT2D eigenvalue weighted by molar-refractivity contribution is 5.75. The molecule has 0 amide bonds. The van der Waals surface area contributed by atoms with E-state index in [1.54, 1.807) is 0 Å². The second kappa shape index (κ2) is 2.19. The van der Waals surface area contributed by atoms with Gasteiger partial charge in [-0.3, -0.25) is 9.48 Å². The van der Waals surface area contributed by atoms with Crippen molar-refractivity contribution in [2.45, 2.75) is 25.8 Å². The van der Waals surface area contributed by atoms with Crippen molar-refractivity contribution < 1.29 is 4.79 Å². The Bertz CT molecular complexity index is 286. The predicted molar refractivity (Wildman–Crippen MR) is 40.6 cm³/mol. The third-order valence-electron chi connectivity index (χ3n) is 2.00. The summed E-state index contributed by atoms with van der Waals surface area (Å²) in [6.07, 6.45) is 5.11. The molecule has 1 aliphatic carbocycles. The van der Waals surface area contributed by atoms with Gasteiger partial charge in [0.05, 0.1) is 17.3 Å². The van der Waals surface area contributed by atoms with Crippen LogP contribution in [0.25, 0.3) is 0 Å². The van der Waals surface area contributed by atoms with Crippen LogP contribution in [-0.4, -0.2) is 16.1 Å². The van der Waals surface area contributed by atoms with E-state index in [1.165, 1.54) is 12.8 Å². The van der Waals surface area contributed by atoms with Gasteiger partial charge in [0.15, 0.2) is 6.29 Å². The van der Waals surface area contributed by atoms with E-state index in [4.69, 9.17) is 0 Å². The molecule has 3 heteroatoms. The topological polar surface area (TPSA) is 34.9 Å². The van der Waals surface area contributed by atoms with Crippen LogP contribution in [0, 0.1) is 6.92 Å². The molecule has 0 atom stereocenters. The van der Waals surface area contributed by atoms with Crippen molar-refractivity contribution in [1.82, 2.24) is 9.78 Å². The molecule has 0 aromatic carbocycles. The van der Waals surface area contributed by atoms with E-state index in [9.17, 15) is 4.79 Å². The number of nitrogens with zero attached hydrogens (tertiary/aromatic N) is 2. The van der Waals surface area contributed by atoms with E-state index < -0.39 is 0 Å². The molecule has 3 nitrogen and oxygen atoms in total. The monoisotopic (exact) mass is 150 g/mol. The normalized spacial score (nSPS) is 16.8. The van der Waals surface area contributed by atoms with Crippen LogP contribution in [0.5, 0.6) is 0 Å². The number of rotatable bonds is 2. The smallest absolute Gasteiger partial charge is 0.153 e. The van der Waals surface area contributed by atoms with Gasteiger partial charge in [0.25, 0.3) is 0 Å². The van der Waals surface area contributed by atoms with Crippen LogP contribution in [0.1, 0.15) is 34.9 Å². The molecule has 1 aromatic rings. The van der Waals surface area contributed by atoms with Gasteiger partial charge in [0.1, 0.15) is 0 Å². The molecule has 0 bridgehead atoms. The Morgan fingerprint density at radius 1 is 1.73 bits per heavy atom. The number of aldehydes is 1. The highest BCUT2D eigenvalue weighted by Crippen LogP contribution is 2.34. The summed E-state index contributed by atoms with van der Waals surface area (Å²) < 4.78 is 1.90. The summed E-state index contributed by atoms with van der Waals surface area (Å²) >= 11 is 0. The Morgan fingerprint density at radius 3 is 2.91 bits per heavy atom. The van der Waals surface area contributed by atoms with E-state index in [0.29, 0.717) is 6.04 Å². The Hall–Kier alpha value is -1.12. The first-order chi connectivity index (χ1) is 5.31. The minimum atomic E-state index is 0.572. The SMILES string of the molecule is Cc1nn(C2CC2)cc1C=O. The highest BCUT2D eigenvalue weighted by Gasteiger charge is 2.24. The number of carbonyl (C=O) groups excluding carboxylic acids is 1.